The highest BCUT2D eigenvalue weighted by Gasteiger charge is 2.05. The van der Waals surface area contributed by atoms with Gasteiger partial charge in [0, 0.05) is 18.3 Å². The predicted molar refractivity (Wildman–Crippen MR) is 82.1 cm³/mol. The summed E-state index contributed by atoms with van der Waals surface area (Å²) in [6, 6.07) is 9.70. The molecule has 1 heterocycles. The summed E-state index contributed by atoms with van der Waals surface area (Å²) >= 11 is 6.05. The molecule has 0 aliphatic rings. The van der Waals surface area contributed by atoms with E-state index in [0.717, 1.165) is 22.6 Å². The van der Waals surface area contributed by atoms with Crippen LogP contribution in [0.1, 0.15) is 11.1 Å². The van der Waals surface area contributed by atoms with Gasteiger partial charge < -0.3 is 10.1 Å². The van der Waals surface area contributed by atoms with Gasteiger partial charge in [-0.3, -0.25) is 0 Å². The highest BCUT2D eigenvalue weighted by molar-refractivity contribution is 6.31. The Morgan fingerprint density at radius 2 is 2.20 bits per heavy atom. The van der Waals surface area contributed by atoms with Crippen molar-refractivity contribution < 1.29 is 4.74 Å². The van der Waals surface area contributed by atoms with Gasteiger partial charge in [-0.15, -0.1) is 6.42 Å². The molecule has 0 saturated carbocycles. The minimum absolute atomic E-state index is 0.254. The lowest BCUT2D eigenvalue weighted by molar-refractivity contribution is 0.366. The molecule has 3 nitrogen and oxygen atoms in total. The second-order valence-corrected chi connectivity index (χ2v) is 4.66. The maximum Gasteiger partial charge on any atom is 0.152 e. The van der Waals surface area contributed by atoms with Crippen LogP contribution in [0.2, 0.25) is 5.15 Å². The molecule has 1 N–H and O–H groups in total. The summed E-state index contributed by atoms with van der Waals surface area (Å²) in [5, 5.41) is 3.72. The van der Waals surface area contributed by atoms with E-state index in [1.807, 2.05) is 37.3 Å². The van der Waals surface area contributed by atoms with Gasteiger partial charge in [-0.2, -0.15) is 0 Å². The minimum atomic E-state index is 0.254. The second-order valence-electron chi connectivity index (χ2n) is 4.31. The van der Waals surface area contributed by atoms with Gasteiger partial charge in [0.15, 0.2) is 5.15 Å². The van der Waals surface area contributed by atoms with Crippen LogP contribution in [-0.4, -0.2) is 11.6 Å². The first-order valence-electron chi connectivity index (χ1n) is 6.21. The number of nitrogens with zero attached hydrogens (tertiary/aromatic N) is 1. The molecule has 0 bridgehead atoms. The average molecular weight is 287 g/mol. The van der Waals surface area contributed by atoms with E-state index >= 15 is 0 Å². The fraction of sp³-hybridized carbons (Fsp3) is 0.188. The fourth-order valence-electron chi connectivity index (χ4n) is 1.78. The summed E-state index contributed by atoms with van der Waals surface area (Å²) in [5.41, 5.74) is 2.87. The Balaban J connectivity index is 2.11. The highest BCUT2D eigenvalue weighted by atomic mass is 35.5. The number of nitrogens with one attached hydrogen (secondary N) is 1. The number of hydrogen-bond donors (Lipinski definition) is 1. The Labute approximate surface area is 123 Å². The van der Waals surface area contributed by atoms with E-state index in [-0.39, 0.29) is 6.61 Å². The molecule has 1 aromatic carbocycles. The molecule has 102 valence electrons. The number of halogens is 1. The first kappa shape index (κ1) is 14.2. The molecular formula is C16H15ClN2O. The Kier molecular flexibility index (Phi) is 4.86. The third kappa shape index (κ3) is 3.66. The van der Waals surface area contributed by atoms with Gasteiger partial charge in [-0.05, 0) is 24.6 Å². The van der Waals surface area contributed by atoms with Crippen LogP contribution >= 0.6 is 11.6 Å². The minimum Gasteiger partial charge on any atom is -0.481 e. The van der Waals surface area contributed by atoms with E-state index in [2.05, 4.69) is 16.2 Å². The largest absolute Gasteiger partial charge is 0.481 e. The summed E-state index contributed by atoms with van der Waals surface area (Å²) < 4.78 is 5.50. The predicted octanol–water partition coefficient (Wildman–Crippen LogP) is 3.67. The van der Waals surface area contributed by atoms with Gasteiger partial charge in [0.25, 0.3) is 0 Å². The molecule has 0 saturated heterocycles. The number of benzene rings is 1. The molecule has 20 heavy (non-hydrogen) atoms. The summed E-state index contributed by atoms with van der Waals surface area (Å²) in [6.07, 6.45) is 6.95. The maximum atomic E-state index is 6.05. The number of anilines is 1. The summed E-state index contributed by atoms with van der Waals surface area (Å²) in [4.78, 5) is 4.11. The number of aromatic nitrogens is 1. The van der Waals surface area contributed by atoms with E-state index < -0.39 is 0 Å². The van der Waals surface area contributed by atoms with Crippen molar-refractivity contribution >= 4 is 17.3 Å². The Morgan fingerprint density at radius 1 is 1.40 bits per heavy atom. The lowest BCUT2D eigenvalue weighted by Gasteiger charge is -2.12. The van der Waals surface area contributed by atoms with Crippen molar-refractivity contribution in [2.75, 3.05) is 11.9 Å². The number of aryl methyl sites for hydroxylation is 1. The van der Waals surface area contributed by atoms with E-state index in [1.54, 1.807) is 6.20 Å². The first-order chi connectivity index (χ1) is 9.70. The first-order valence-corrected chi connectivity index (χ1v) is 6.58. The Bertz CT molecular complexity index is 635. The average Bonchev–Trinajstić information content (AvgIpc) is 2.47. The van der Waals surface area contributed by atoms with Crippen molar-refractivity contribution in [3.63, 3.8) is 0 Å². The monoisotopic (exact) mass is 286 g/mol. The molecule has 0 spiro atoms. The van der Waals surface area contributed by atoms with Crippen LogP contribution in [0.25, 0.3) is 0 Å². The number of rotatable bonds is 5. The van der Waals surface area contributed by atoms with E-state index in [4.69, 9.17) is 22.8 Å². The highest BCUT2D eigenvalue weighted by Crippen LogP contribution is 2.23. The molecule has 0 fully saturated rings. The Hall–Kier alpha value is -2.18. The molecule has 2 rings (SSSR count). The summed E-state index contributed by atoms with van der Waals surface area (Å²) in [6.45, 7) is 2.81. The van der Waals surface area contributed by atoms with E-state index in [1.165, 1.54) is 0 Å². The lowest BCUT2D eigenvalue weighted by Crippen LogP contribution is -2.04. The molecule has 0 aliphatic carbocycles. The van der Waals surface area contributed by atoms with Crippen molar-refractivity contribution in [1.29, 1.82) is 0 Å². The number of ether oxygens (including phenoxy) is 1. The maximum absolute atomic E-state index is 6.05. The van der Waals surface area contributed by atoms with Gasteiger partial charge in [0.2, 0.25) is 0 Å². The van der Waals surface area contributed by atoms with Crippen LogP contribution in [0.4, 0.5) is 5.69 Å². The van der Waals surface area contributed by atoms with Crippen molar-refractivity contribution in [3.8, 4) is 18.1 Å². The normalized spacial score (nSPS) is 9.85. The van der Waals surface area contributed by atoms with Crippen LogP contribution in [0.15, 0.2) is 36.5 Å². The molecular weight excluding hydrogens is 272 g/mol. The van der Waals surface area contributed by atoms with Crippen molar-refractivity contribution in [3.05, 3.63) is 52.8 Å². The van der Waals surface area contributed by atoms with Gasteiger partial charge in [-0.25, -0.2) is 4.98 Å². The van der Waals surface area contributed by atoms with Crippen LogP contribution in [0.3, 0.4) is 0 Å². The molecule has 0 radical (unpaired) electrons. The van der Waals surface area contributed by atoms with Crippen LogP contribution < -0.4 is 10.1 Å². The number of para-hydroxylation sites is 1. The molecule has 0 unspecified atom stereocenters. The molecule has 0 amide bonds. The molecule has 0 aliphatic heterocycles. The van der Waals surface area contributed by atoms with Gasteiger partial charge >= 0.3 is 0 Å². The van der Waals surface area contributed by atoms with Crippen molar-refractivity contribution in [1.82, 2.24) is 4.98 Å². The second kappa shape index (κ2) is 6.83. The summed E-state index contributed by atoms with van der Waals surface area (Å²) in [7, 11) is 0. The topological polar surface area (TPSA) is 34.1 Å². The third-order valence-electron chi connectivity index (χ3n) is 2.73. The standard InChI is InChI=1S/C16H15ClN2O/c1-3-8-20-15-7-5-4-6-13(15)11-18-14-9-12(2)10-19-16(14)17/h1,4-7,9-10,18H,8,11H2,2H3. The number of terminal acetylenes is 1. The third-order valence-corrected chi connectivity index (χ3v) is 3.03. The smallest absolute Gasteiger partial charge is 0.152 e. The van der Waals surface area contributed by atoms with Crippen LogP contribution in [0.5, 0.6) is 5.75 Å². The van der Waals surface area contributed by atoms with Gasteiger partial charge in [0.1, 0.15) is 12.4 Å². The SMILES string of the molecule is C#CCOc1ccccc1CNc1cc(C)cnc1Cl. The van der Waals surface area contributed by atoms with E-state index in [9.17, 15) is 0 Å². The number of pyridine rings is 1. The molecule has 4 heteroatoms. The quantitative estimate of drug-likeness (QED) is 0.673. The summed E-state index contributed by atoms with van der Waals surface area (Å²) in [5.74, 6) is 3.23. The molecule has 2 aromatic rings. The van der Waals surface area contributed by atoms with Crippen LogP contribution in [-0.2, 0) is 6.54 Å². The van der Waals surface area contributed by atoms with Crippen molar-refractivity contribution in [2.45, 2.75) is 13.5 Å². The van der Waals surface area contributed by atoms with Crippen molar-refractivity contribution in [2.24, 2.45) is 0 Å². The zero-order valence-corrected chi connectivity index (χ0v) is 11.9. The zero-order valence-electron chi connectivity index (χ0n) is 11.2. The molecule has 1 aromatic heterocycles. The Morgan fingerprint density at radius 3 is 3.00 bits per heavy atom. The van der Waals surface area contributed by atoms with E-state index in [0.29, 0.717) is 11.7 Å². The zero-order chi connectivity index (χ0) is 14.4. The van der Waals surface area contributed by atoms with Gasteiger partial charge in [0.05, 0.1) is 5.69 Å². The van der Waals surface area contributed by atoms with Crippen LogP contribution in [0, 0.1) is 19.3 Å². The van der Waals surface area contributed by atoms with Gasteiger partial charge in [-0.1, -0.05) is 35.7 Å². The fourth-order valence-corrected chi connectivity index (χ4v) is 1.95. The number of hydrogen-bond acceptors (Lipinski definition) is 3. The molecule has 0 atom stereocenters. The lowest BCUT2D eigenvalue weighted by atomic mass is 10.2.